The van der Waals surface area contributed by atoms with Gasteiger partial charge in [-0.1, -0.05) is 12.1 Å². The topological polar surface area (TPSA) is 41.6 Å². The van der Waals surface area contributed by atoms with E-state index in [-0.39, 0.29) is 17.5 Å². The number of carbonyl (C=O) groups is 1. The minimum atomic E-state index is -0.131. The average Bonchev–Trinajstić information content (AvgIpc) is 2.85. The van der Waals surface area contributed by atoms with Gasteiger partial charge in [0.1, 0.15) is 0 Å². The number of halogens is 1. The number of nitrogens with one attached hydrogen (secondary N) is 1. The molecule has 1 fully saturated rings. The Bertz CT molecular complexity index is 535. The Balaban J connectivity index is 1.82. The van der Waals surface area contributed by atoms with Crippen LogP contribution in [0, 0.1) is 0 Å². The Hall–Kier alpha value is -1.26. The van der Waals surface area contributed by atoms with Gasteiger partial charge < -0.3 is 15.0 Å². The minimum absolute atomic E-state index is 0.0689. The fourth-order valence-electron chi connectivity index (χ4n) is 2.84. The van der Waals surface area contributed by atoms with Crippen molar-refractivity contribution in [2.45, 2.75) is 43.9 Å². The molecule has 2 aliphatic rings. The lowest BCUT2D eigenvalue weighted by Crippen LogP contribution is -2.35. The van der Waals surface area contributed by atoms with Crippen LogP contribution in [-0.2, 0) is 11.3 Å². The summed E-state index contributed by atoms with van der Waals surface area (Å²) in [6.07, 6.45) is 2.45. The standard InChI is InChI=1S/C15H19ClN2O2/c1-9-3-6-13(20-9)14(16)10-4-5-12-11(7-10)8-18(2)15(19)17-12/h4-5,7,9,13-14H,3,6,8H2,1-2H3,(H,17,19). The molecule has 3 rings (SSSR count). The maximum Gasteiger partial charge on any atom is 0.321 e. The third kappa shape index (κ3) is 2.50. The molecule has 1 saturated heterocycles. The second kappa shape index (κ2) is 5.26. The molecule has 4 nitrogen and oxygen atoms in total. The zero-order valence-corrected chi connectivity index (χ0v) is 12.5. The maximum atomic E-state index is 11.6. The number of nitrogens with zero attached hydrogens (tertiary/aromatic N) is 1. The van der Waals surface area contributed by atoms with Gasteiger partial charge in [0.15, 0.2) is 0 Å². The smallest absolute Gasteiger partial charge is 0.321 e. The van der Waals surface area contributed by atoms with E-state index in [1.54, 1.807) is 11.9 Å². The molecule has 0 aliphatic carbocycles. The lowest BCUT2D eigenvalue weighted by Gasteiger charge is -2.27. The molecule has 5 heteroatoms. The van der Waals surface area contributed by atoms with Crippen molar-refractivity contribution in [2.24, 2.45) is 0 Å². The van der Waals surface area contributed by atoms with Crippen molar-refractivity contribution in [1.29, 1.82) is 0 Å². The summed E-state index contributed by atoms with van der Waals surface area (Å²) < 4.78 is 5.85. The monoisotopic (exact) mass is 294 g/mol. The highest BCUT2D eigenvalue weighted by atomic mass is 35.5. The molecule has 3 atom stereocenters. The van der Waals surface area contributed by atoms with Gasteiger partial charge in [0, 0.05) is 19.3 Å². The van der Waals surface area contributed by atoms with E-state index in [1.807, 2.05) is 12.1 Å². The molecule has 0 spiro atoms. The Morgan fingerprint density at radius 2 is 2.25 bits per heavy atom. The molecule has 108 valence electrons. The van der Waals surface area contributed by atoms with Crippen LogP contribution in [0.25, 0.3) is 0 Å². The van der Waals surface area contributed by atoms with E-state index in [1.165, 1.54) is 0 Å². The molecule has 2 aliphatic heterocycles. The molecule has 1 aromatic carbocycles. The summed E-state index contributed by atoms with van der Waals surface area (Å²) in [6, 6.07) is 5.92. The summed E-state index contributed by atoms with van der Waals surface area (Å²) >= 11 is 6.56. The highest BCUT2D eigenvalue weighted by Crippen LogP contribution is 2.36. The van der Waals surface area contributed by atoms with Crippen molar-refractivity contribution in [3.05, 3.63) is 29.3 Å². The van der Waals surface area contributed by atoms with Crippen LogP contribution in [0.3, 0.4) is 0 Å². The van der Waals surface area contributed by atoms with Crippen molar-refractivity contribution < 1.29 is 9.53 Å². The molecular formula is C15H19ClN2O2. The van der Waals surface area contributed by atoms with Crippen LogP contribution in [0.2, 0.25) is 0 Å². The van der Waals surface area contributed by atoms with Gasteiger partial charge in [0.25, 0.3) is 0 Å². The highest BCUT2D eigenvalue weighted by molar-refractivity contribution is 6.21. The molecule has 2 amide bonds. The fraction of sp³-hybridized carbons (Fsp3) is 0.533. The number of anilines is 1. The van der Waals surface area contributed by atoms with Crippen molar-refractivity contribution in [3.63, 3.8) is 0 Å². The van der Waals surface area contributed by atoms with Crippen LogP contribution in [0.15, 0.2) is 18.2 Å². The van der Waals surface area contributed by atoms with Gasteiger partial charge in [0.05, 0.1) is 17.6 Å². The Labute approximate surface area is 124 Å². The van der Waals surface area contributed by atoms with Crippen LogP contribution < -0.4 is 5.32 Å². The summed E-state index contributed by atoms with van der Waals surface area (Å²) in [7, 11) is 1.78. The number of hydrogen-bond donors (Lipinski definition) is 1. The molecule has 2 heterocycles. The second-order valence-corrected chi connectivity index (χ2v) is 6.14. The van der Waals surface area contributed by atoms with Crippen molar-refractivity contribution in [1.82, 2.24) is 4.90 Å². The number of hydrogen-bond acceptors (Lipinski definition) is 2. The van der Waals surface area contributed by atoms with Crippen molar-refractivity contribution in [3.8, 4) is 0 Å². The van der Waals surface area contributed by atoms with E-state index in [9.17, 15) is 4.79 Å². The Morgan fingerprint density at radius 1 is 1.45 bits per heavy atom. The van der Waals surface area contributed by atoms with Gasteiger partial charge in [-0.25, -0.2) is 4.79 Å². The van der Waals surface area contributed by atoms with Gasteiger partial charge in [0.2, 0.25) is 0 Å². The summed E-state index contributed by atoms with van der Waals surface area (Å²) in [5, 5.41) is 2.73. The first-order chi connectivity index (χ1) is 9.54. The molecule has 0 radical (unpaired) electrons. The largest absolute Gasteiger partial charge is 0.373 e. The van der Waals surface area contributed by atoms with E-state index in [0.717, 1.165) is 29.7 Å². The maximum absolute atomic E-state index is 11.6. The van der Waals surface area contributed by atoms with Gasteiger partial charge >= 0.3 is 6.03 Å². The first-order valence-electron chi connectivity index (χ1n) is 6.99. The number of rotatable bonds is 2. The quantitative estimate of drug-likeness (QED) is 0.848. The van der Waals surface area contributed by atoms with E-state index < -0.39 is 0 Å². The number of urea groups is 1. The van der Waals surface area contributed by atoms with E-state index in [0.29, 0.717) is 12.6 Å². The van der Waals surface area contributed by atoms with E-state index >= 15 is 0 Å². The number of alkyl halides is 1. The third-order valence-electron chi connectivity index (χ3n) is 4.03. The lowest BCUT2D eigenvalue weighted by molar-refractivity contribution is 0.0533. The van der Waals surface area contributed by atoms with E-state index in [2.05, 4.69) is 18.3 Å². The fourth-order valence-corrected chi connectivity index (χ4v) is 3.16. The van der Waals surface area contributed by atoms with Gasteiger partial charge in [-0.15, -0.1) is 11.6 Å². The third-order valence-corrected chi connectivity index (χ3v) is 4.57. The number of fused-ring (bicyclic) bond motifs is 1. The highest BCUT2D eigenvalue weighted by Gasteiger charge is 2.30. The number of ether oxygens (including phenoxy) is 1. The molecule has 3 unspecified atom stereocenters. The van der Waals surface area contributed by atoms with Gasteiger partial charge in [-0.05, 0) is 37.0 Å². The van der Waals surface area contributed by atoms with E-state index in [4.69, 9.17) is 16.3 Å². The Morgan fingerprint density at radius 3 is 2.95 bits per heavy atom. The van der Waals surface area contributed by atoms with Crippen LogP contribution in [-0.4, -0.2) is 30.2 Å². The molecule has 20 heavy (non-hydrogen) atoms. The molecule has 1 N–H and O–H groups in total. The SMILES string of the molecule is CC1CCC(C(Cl)c2ccc3c(c2)CN(C)C(=O)N3)O1. The van der Waals surface area contributed by atoms with Crippen molar-refractivity contribution >= 4 is 23.3 Å². The van der Waals surface area contributed by atoms with Crippen molar-refractivity contribution in [2.75, 3.05) is 12.4 Å². The molecule has 0 bridgehead atoms. The first kappa shape index (κ1) is 13.7. The minimum Gasteiger partial charge on any atom is -0.373 e. The molecule has 1 aromatic rings. The van der Waals surface area contributed by atoms with Crippen LogP contribution in [0.1, 0.15) is 36.3 Å². The summed E-state index contributed by atoms with van der Waals surface area (Å²) in [5.41, 5.74) is 3.04. The van der Waals surface area contributed by atoms with Gasteiger partial charge in [-0.2, -0.15) is 0 Å². The summed E-state index contributed by atoms with van der Waals surface area (Å²) in [6.45, 7) is 2.70. The normalized spacial score (nSPS) is 27.1. The van der Waals surface area contributed by atoms with Crippen LogP contribution >= 0.6 is 11.6 Å². The molecular weight excluding hydrogens is 276 g/mol. The summed E-state index contributed by atoms with van der Waals surface area (Å²) in [5.74, 6) is 0. The van der Waals surface area contributed by atoms with Gasteiger partial charge in [-0.3, -0.25) is 0 Å². The predicted molar refractivity (Wildman–Crippen MR) is 79.1 cm³/mol. The zero-order chi connectivity index (χ0) is 14.3. The molecule has 0 saturated carbocycles. The Kier molecular flexibility index (Phi) is 3.61. The number of amides is 2. The molecule has 0 aromatic heterocycles. The van der Waals surface area contributed by atoms with Crippen LogP contribution in [0.4, 0.5) is 10.5 Å². The first-order valence-corrected chi connectivity index (χ1v) is 7.42. The van der Waals surface area contributed by atoms with Crippen LogP contribution in [0.5, 0.6) is 0 Å². The predicted octanol–water partition coefficient (Wildman–Crippen LogP) is 3.51. The zero-order valence-electron chi connectivity index (χ0n) is 11.7. The number of carbonyl (C=O) groups excluding carboxylic acids is 1. The lowest BCUT2D eigenvalue weighted by atomic mass is 10.0. The summed E-state index contributed by atoms with van der Waals surface area (Å²) in [4.78, 5) is 13.2. The number of benzene rings is 1. The second-order valence-electron chi connectivity index (χ2n) is 5.67. The average molecular weight is 295 g/mol.